The Balaban J connectivity index is 2.59. The molecular weight excluding hydrogens is 216 g/mol. The first-order chi connectivity index (χ1) is 8.02. The highest BCUT2D eigenvalue weighted by atomic mass is 16.7. The highest BCUT2D eigenvalue weighted by molar-refractivity contribution is 5.63. The number of carbonyl (C=O) groups excluding carboxylic acids is 1. The van der Waals surface area contributed by atoms with Crippen LogP contribution in [-0.2, 0) is 4.74 Å². The Bertz CT molecular complexity index is 354. The predicted octanol–water partition coefficient (Wildman–Crippen LogP) is 4.12. The minimum absolute atomic E-state index is 0.165. The zero-order chi connectivity index (χ0) is 12.8. The van der Waals surface area contributed by atoms with E-state index in [1.165, 1.54) is 5.56 Å². The lowest BCUT2D eigenvalue weighted by atomic mass is 9.99. The van der Waals surface area contributed by atoms with Crippen molar-refractivity contribution in [2.45, 2.75) is 46.1 Å². The maximum absolute atomic E-state index is 11.3. The highest BCUT2D eigenvalue weighted by Gasteiger charge is 2.09. The molecule has 0 saturated carbocycles. The molecule has 1 aromatic carbocycles. The lowest BCUT2D eigenvalue weighted by Crippen LogP contribution is -2.15. The molecule has 0 aliphatic carbocycles. The summed E-state index contributed by atoms with van der Waals surface area (Å²) >= 11 is 0. The van der Waals surface area contributed by atoms with Gasteiger partial charge >= 0.3 is 6.16 Å². The predicted molar refractivity (Wildman–Crippen MR) is 67.4 cm³/mol. The SMILES string of the molecule is CCC(C)c1ccc(OC(=O)OC(C)C)cc1. The zero-order valence-electron chi connectivity index (χ0n) is 10.9. The second-order valence-corrected chi connectivity index (χ2v) is 4.40. The van der Waals surface area contributed by atoms with Crippen molar-refractivity contribution < 1.29 is 14.3 Å². The molecule has 0 saturated heterocycles. The van der Waals surface area contributed by atoms with E-state index in [-0.39, 0.29) is 6.10 Å². The molecule has 0 spiro atoms. The molecule has 0 amide bonds. The van der Waals surface area contributed by atoms with Crippen LogP contribution in [-0.4, -0.2) is 12.3 Å². The molecule has 94 valence electrons. The summed E-state index contributed by atoms with van der Waals surface area (Å²) in [4.78, 5) is 11.3. The molecule has 0 fully saturated rings. The first-order valence-electron chi connectivity index (χ1n) is 6.01. The minimum Gasteiger partial charge on any atom is -0.431 e. The van der Waals surface area contributed by atoms with Crippen LogP contribution in [0, 0.1) is 0 Å². The van der Waals surface area contributed by atoms with E-state index in [9.17, 15) is 4.79 Å². The summed E-state index contributed by atoms with van der Waals surface area (Å²) in [5, 5.41) is 0. The number of carbonyl (C=O) groups is 1. The Kier molecular flexibility index (Phi) is 5.01. The lowest BCUT2D eigenvalue weighted by Gasteiger charge is -2.11. The van der Waals surface area contributed by atoms with Gasteiger partial charge in [-0.3, -0.25) is 0 Å². The van der Waals surface area contributed by atoms with Crippen molar-refractivity contribution in [3.8, 4) is 5.75 Å². The Morgan fingerprint density at radius 2 is 1.76 bits per heavy atom. The summed E-state index contributed by atoms with van der Waals surface area (Å²) in [6.07, 6.45) is 0.272. The highest BCUT2D eigenvalue weighted by Crippen LogP contribution is 2.21. The van der Waals surface area contributed by atoms with E-state index in [0.29, 0.717) is 11.7 Å². The zero-order valence-corrected chi connectivity index (χ0v) is 10.9. The number of hydrogen-bond acceptors (Lipinski definition) is 3. The Morgan fingerprint density at radius 1 is 1.18 bits per heavy atom. The Morgan fingerprint density at radius 3 is 2.24 bits per heavy atom. The van der Waals surface area contributed by atoms with Crippen LogP contribution in [0.5, 0.6) is 5.75 Å². The van der Waals surface area contributed by atoms with E-state index in [2.05, 4.69) is 13.8 Å². The molecule has 1 atom stereocenters. The topological polar surface area (TPSA) is 35.5 Å². The average molecular weight is 236 g/mol. The van der Waals surface area contributed by atoms with E-state index < -0.39 is 6.16 Å². The van der Waals surface area contributed by atoms with E-state index in [1.54, 1.807) is 26.0 Å². The third-order valence-corrected chi connectivity index (χ3v) is 2.59. The second kappa shape index (κ2) is 6.28. The van der Waals surface area contributed by atoms with Crippen molar-refractivity contribution >= 4 is 6.16 Å². The van der Waals surface area contributed by atoms with Gasteiger partial charge in [-0.05, 0) is 43.9 Å². The third kappa shape index (κ3) is 4.47. The van der Waals surface area contributed by atoms with Gasteiger partial charge in [-0.1, -0.05) is 26.0 Å². The van der Waals surface area contributed by atoms with E-state index in [1.807, 2.05) is 12.1 Å². The molecular formula is C14H20O3. The first-order valence-corrected chi connectivity index (χ1v) is 6.01. The molecule has 17 heavy (non-hydrogen) atoms. The molecule has 1 unspecified atom stereocenters. The van der Waals surface area contributed by atoms with Gasteiger partial charge in [-0.2, -0.15) is 0 Å². The summed E-state index contributed by atoms with van der Waals surface area (Å²) < 4.78 is 9.92. The summed E-state index contributed by atoms with van der Waals surface area (Å²) in [5.41, 5.74) is 1.25. The maximum Gasteiger partial charge on any atom is 0.514 e. The smallest absolute Gasteiger partial charge is 0.431 e. The van der Waals surface area contributed by atoms with Crippen LogP contribution in [0.15, 0.2) is 24.3 Å². The Hall–Kier alpha value is -1.51. The molecule has 0 aliphatic heterocycles. The molecule has 0 N–H and O–H groups in total. The fourth-order valence-electron chi connectivity index (χ4n) is 1.41. The van der Waals surface area contributed by atoms with Gasteiger partial charge in [-0.15, -0.1) is 0 Å². The van der Waals surface area contributed by atoms with Crippen LogP contribution in [0.2, 0.25) is 0 Å². The molecule has 0 aliphatic rings. The van der Waals surface area contributed by atoms with Crippen LogP contribution in [0.3, 0.4) is 0 Å². The monoisotopic (exact) mass is 236 g/mol. The van der Waals surface area contributed by atoms with Crippen molar-refractivity contribution in [3.05, 3.63) is 29.8 Å². The fraction of sp³-hybridized carbons (Fsp3) is 0.500. The van der Waals surface area contributed by atoms with E-state index in [4.69, 9.17) is 9.47 Å². The molecule has 1 rings (SSSR count). The largest absolute Gasteiger partial charge is 0.514 e. The van der Waals surface area contributed by atoms with Gasteiger partial charge in [0.15, 0.2) is 0 Å². The number of benzene rings is 1. The van der Waals surface area contributed by atoms with Crippen molar-refractivity contribution in [2.24, 2.45) is 0 Å². The summed E-state index contributed by atoms with van der Waals surface area (Å²) in [6, 6.07) is 7.55. The van der Waals surface area contributed by atoms with Gasteiger partial charge in [0.2, 0.25) is 0 Å². The third-order valence-electron chi connectivity index (χ3n) is 2.59. The van der Waals surface area contributed by atoms with Crippen LogP contribution >= 0.6 is 0 Å². The van der Waals surface area contributed by atoms with Gasteiger partial charge < -0.3 is 9.47 Å². The van der Waals surface area contributed by atoms with Gasteiger partial charge in [0.1, 0.15) is 5.75 Å². The van der Waals surface area contributed by atoms with Crippen molar-refractivity contribution in [1.82, 2.24) is 0 Å². The van der Waals surface area contributed by atoms with Crippen molar-refractivity contribution in [2.75, 3.05) is 0 Å². The maximum atomic E-state index is 11.3. The standard InChI is InChI=1S/C14H20O3/c1-5-11(4)12-6-8-13(9-7-12)17-14(15)16-10(2)3/h6-11H,5H2,1-4H3. The van der Waals surface area contributed by atoms with Crippen LogP contribution < -0.4 is 4.74 Å². The number of ether oxygens (including phenoxy) is 2. The number of hydrogen-bond donors (Lipinski definition) is 0. The van der Waals surface area contributed by atoms with Crippen LogP contribution in [0.1, 0.15) is 45.6 Å². The molecule has 0 aromatic heterocycles. The lowest BCUT2D eigenvalue weighted by molar-refractivity contribution is 0.0729. The molecule has 0 bridgehead atoms. The summed E-state index contributed by atoms with van der Waals surface area (Å²) in [6.45, 7) is 7.89. The van der Waals surface area contributed by atoms with E-state index >= 15 is 0 Å². The van der Waals surface area contributed by atoms with Gasteiger partial charge in [0.05, 0.1) is 6.10 Å². The first kappa shape index (κ1) is 13.6. The molecule has 0 heterocycles. The van der Waals surface area contributed by atoms with Crippen molar-refractivity contribution in [3.63, 3.8) is 0 Å². The molecule has 0 radical (unpaired) electrons. The minimum atomic E-state index is -0.656. The fourth-order valence-corrected chi connectivity index (χ4v) is 1.41. The quantitative estimate of drug-likeness (QED) is 0.582. The normalized spacial score (nSPS) is 12.3. The van der Waals surface area contributed by atoms with E-state index in [0.717, 1.165) is 6.42 Å². The number of rotatable bonds is 4. The van der Waals surface area contributed by atoms with Gasteiger partial charge in [-0.25, -0.2) is 4.79 Å². The van der Waals surface area contributed by atoms with Gasteiger partial charge in [0, 0.05) is 0 Å². The average Bonchev–Trinajstić information content (AvgIpc) is 2.28. The Labute approximate surface area is 103 Å². The second-order valence-electron chi connectivity index (χ2n) is 4.40. The van der Waals surface area contributed by atoms with Crippen LogP contribution in [0.25, 0.3) is 0 Å². The summed E-state index contributed by atoms with van der Waals surface area (Å²) in [7, 11) is 0. The van der Waals surface area contributed by atoms with Crippen molar-refractivity contribution in [1.29, 1.82) is 0 Å². The molecule has 1 aromatic rings. The van der Waals surface area contributed by atoms with Gasteiger partial charge in [0.25, 0.3) is 0 Å². The summed E-state index contributed by atoms with van der Waals surface area (Å²) in [5.74, 6) is 1.04. The van der Waals surface area contributed by atoms with Crippen LogP contribution in [0.4, 0.5) is 4.79 Å². The molecule has 3 heteroatoms. The molecule has 3 nitrogen and oxygen atoms in total.